The Balaban J connectivity index is 1.58. The Kier molecular flexibility index (Phi) is 4.83. The van der Waals surface area contributed by atoms with Gasteiger partial charge >= 0.3 is 0 Å². The maximum absolute atomic E-state index is 4.27. The Morgan fingerprint density at radius 3 is 2.90 bits per heavy atom. The molecule has 0 aliphatic carbocycles. The lowest BCUT2D eigenvalue weighted by Gasteiger charge is -2.33. The molecule has 2 aromatic rings. The monoisotopic (exact) mass is 346 g/mol. The van der Waals surface area contributed by atoms with E-state index in [1.807, 2.05) is 6.07 Å². The van der Waals surface area contributed by atoms with Gasteiger partial charge in [0, 0.05) is 25.2 Å². The fraction of sp³-hybridized carbons (Fsp3) is 0.375. The standard InChI is InChI=1S/C16H19BrN4/c17-15-9-16(19-12-18-15)20-14-7-4-8-21(11-14)10-13-5-2-1-3-6-13/h1-3,5-6,9,12,14H,4,7-8,10-11H2,(H,18,19,20). The van der Waals surface area contributed by atoms with Crippen molar-refractivity contribution in [3.63, 3.8) is 0 Å². The molecule has 1 aromatic carbocycles. The summed E-state index contributed by atoms with van der Waals surface area (Å²) in [5.41, 5.74) is 1.38. The SMILES string of the molecule is Brc1cc(NC2CCCN(Cc3ccccc3)C2)ncn1. The van der Waals surface area contributed by atoms with Gasteiger partial charge in [0.05, 0.1) is 0 Å². The summed E-state index contributed by atoms with van der Waals surface area (Å²) in [5, 5.41) is 3.51. The summed E-state index contributed by atoms with van der Waals surface area (Å²) in [6, 6.07) is 13.0. The number of nitrogens with one attached hydrogen (secondary N) is 1. The fourth-order valence-corrected chi connectivity index (χ4v) is 3.09. The quantitative estimate of drug-likeness (QED) is 0.862. The van der Waals surface area contributed by atoms with Gasteiger partial charge in [0.2, 0.25) is 0 Å². The number of likely N-dealkylation sites (tertiary alicyclic amines) is 1. The van der Waals surface area contributed by atoms with Crippen LogP contribution in [-0.2, 0) is 6.54 Å². The molecule has 0 saturated carbocycles. The van der Waals surface area contributed by atoms with Crippen LogP contribution in [0.3, 0.4) is 0 Å². The number of hydrogen-bond acceptors (Lipinski definition) is 4. The van der Waals surface area contributed by atoms with E-state index in [1.165, 1.54) is 24.9 Å². The third-order valence-electron chi connectivity index (χ3n) is 3.74. The lowest BCUT2D eigenvalue weighted by Crippen LogP contribution is -2.41. The molecule has 1 N–H and O–H groups in total. The van der Waals surface area contributed by atoms with Crippen molar-refractivity contribution < 1.29 is 0 Å². The van der Waals surface area contributed by atoms with Crippen molar-refractivity contribution in [1.82, 2.24) is 14.9 Å². The second kappa shape index (κ2) is 7.00. The lowest BCUT2D eigenvalue weighted by atomic mass is 10.0. The number of benzene rings is 1. The highest BCUT2D eigenvalue weighted by molar-refractivity contribution is 9.10. The first-order valence-electron chi connectivity index (χ1n) is 7.30. The van der Waals surface area contributed by atoms with Crippen LogP contribution in [0.15, 0.2) is 47.3 Å². The van der Waals surface area contributed by atoms with E-state index >= 15 is 0 Å². The number of nitrogens with zero attached hydrogens (tertiary/aromatic N) is 3. The van der Waals surface area contributed by atoms with Gasteiger partial charge in [0.15, 0.2) is 0 Å². The number of anilines is 1. The van der Waals surface area contributed by atoms with Gasteiger partial charge in [0.25, 0.3) is 0 Å². The van der Waals surface area contributed by atoms with E-state index in [0.717, 1.165) is 23.5 Å². The number of hydrogen-bond donors (Lipinski definition) is 1. The van der Waals surface area contributed by atoms with E-state index in [0.29, 0.717) is 6.04 Å². The Hall–Kier alpha value is -1.46. The van der Waals surface area contributed by atoms with Gasteiger partial charge in [-0.1, -0.05) is 30.3 Å². The zero-order chi connectivity index (χ0) is 14.5. The highest BCUT2D eigenvalue weighted by Gasteiger charge is 2.20. The molecule has 3 rings (SSSR count). The highest BCUT2D eigenvalue weighted by Crippen LogP contribution is 2.18. The summed E-state index contributed by atoms with van der Waals surface area (Å²) in [6.45, 7) is 3.24. The maximum atomic E-state index is 4.27. The van der Waals surface area contributed by atoms with Gasteiger partial charge in [-0.05, 0) is 40.9 Å². The highest BCUT2D eigenvalue weighted by atomic mass is 79.9. The fourth-order valence-electron chi connectivity index (χ4n) is 2.78. The molecular formula is C16H19BrN4. The molecule has 1 unspecified atom stereocenters. The Morgan fingerprint density at radius 1 is 1.24 bits per heavy atom. The summed E-state index contributed by atoms with van der Waals surface area (Å²) in [5.74, 6) is 0.892. The number of rotatable bonds is 4. The molecule has 1 saturated heterocycles. The van der Waals surface area contributed by atoms with Crippen LogP contribution in [0.5, 0.6) is 0 Å². The average molecular weight is 347 g/mol. The van der Waals surface area contributed by atoms with Gasteiger partial charge in [0.1, 0.15) is 16.7 Å². The Labute approximate surface area is 133 Å². The first-order chi connectivity index (χ1) is 10.3. The van der Waals surface area contributed by atoms with Crippen molar-refractivity contribution in [2.75, 3.05) is 18.4 Å². The van der Waals surface area contributed by atoms with E-state index in [4.69, 9.17) is 0 Å². The number of piperidine rings is 1. The van der Waals surface area contributed by atoms with Crippen molar-refractivity contribution in [2.45, 2.75) is 25.4 Å². The second-order valence-corrected chi connectivity index (χ2v) is 6.24. The van der Waals surface area contributed by atoms with Crippen LogP contribution in [0.1, 0.15) is 18.4 Å². The van der Waals surface area contributed by atoms with E-state index in [1.54, 1.807) is 6.33 Å². The molecule has 2 heterocycles. The van der Waals surface area contributed by atoms with Gasteiger partial charge in [-0.15, -0.1) is 0 Å². The topological polar surface area (TPSA) is 41.0 Å². The second-order valence-electron chi connectivity index (χ2n) is 5.43. The molecule has 1 aliphatic rings. The molecule has 0 amide bonds. The molecule has 1 atom stereocenters. The molecular weight excluding hydrogens is 328 g/mol. The molecule has 21 heavy (non-hydrogen) atoms. The first kappa shape index (κ1) is 14.5. The van der Waals surface area contributed by atoms with Gasteiger partial charge < -0.3 is 5.32 Å². The third-order valence-corrected chi connectivity index (χ3v) is 4.17. The minimum atomic E-state index is 0.448. The molecule has 5 heteroatoms. The minimum absolute atomic E-state index is 0.448. The molecule has 0 spiro atoms. The summed E-state index contributed by atoms with van der Waals surface area (Å²) in [6.07, 6.45) is 3.99. The molecule has 1 aromatic heterocycles. The average Bonchev–Trinajstić information content (AvgIpc) is 2.49. The van der Waals surface area contributed by atoms with Crippen molar-refractivity contribution in [1.29, 1.82) is 0 Å². The van der Waals surface area contributed by atoms with Crippen molar-refractivity contribution in [2.24, 2.45) is 0 Å². The smallest absolute Gasteiger partial charge is 0.130 e. The molecule has 110 valence electrons. The lowest BCUT2D eigenvalue weighted by molar-refractivity contribution is 0.208. The largest absolute Gasteiger partial charge is 0.366 e. The van der Waals surface area contributed by atoms with Gasteiger partial charge in [-0.3, -0.25) is 4.90 Å². The number of aromatic nitrogens is 2. The predicted octanol–water partition coefficient (Wildman–Crippen LogP) is 3.32. The Morgan fingerprint density at radius 2 is 2.10 bits per heavy atom. The van der Waals surface area contributed by atoms with E-state index < -0.39 is 0 Å². The van der Waals surface area contributed by atoms with Gasteiger partial charge in [-0.2, -0.15) is 0 Å². The van der Waals surface area contributed by atoms with Crippen molar-refractivity contribution in [3.8, 4) is 0 Å². The summed E-state index contributed by atoms with van der Waals surface area (Å²) in [7, 11) is 0. The summed E-state index contributed by atoms with van der Waals surface area (Å²) < 4.78 is 0.817. The zero-order valence-electron chi connectivity index (χ0n) is 11.9. The number of halogens is 1. The predicted molar refractivity (Wildman–Crippen MR) is 88.1 cm³/mol. The summed E-state index contributed by atoms with van der Waals surface area (Å²) >= 11 is 3.38. The van der Waals surface area contributed by atoms with Crippen LogP contribution in [0, 0.1) is 0 Å². The van der Waals surface area contributed by atoms with E-state index in [-0.39, 0.29) is 0 Å². The summed E-state index contributed by atoms with van der Waals surface area (Å²) in [4.78, 5) is 10.8. The molecule has 1 aliphatic heterocycles. The third kappa shape index (κ3) is 4.25. The van der Waals surface area contributed by atoms with Crippen LogP contribution in [0.25, 0.3) is 0 Å². The zero-order valence-corrected chi connectivity index (χ0v) is 13.5. The van der Waals surface area contributed by atoms with E-state index in [2.05, 4.69) is 66.4 Å². The maximum Gasteiger partial charge on any atom is 0.130 e. The van der Waals surface area contributed by atoms with Crippen LogP contribution < -0.4 is 5.32 Å². The van der Waals surface area contributed by atoms with Gasteiger partial charge in [-0.25, -0.2) is 9.97 Å². The van der Waals surface area contributed by atoms with Crippen LogP contribution >= 0.6 is 15.9 Å². The van der Waals surface area contributed by atoms with E-state index in [9.17, 15) is 0 Å². The van der Waals surface area contributed by atoms with Crippen molar-refractivity contribution >= 4 is 21.7 Å². The molecule has 4 nitrogen and oxygen atoms in total. The normalized spacial score (nSPS) is 19.4. The molecule has 0 radical (unpaired) electrons. The molecule has 1 fully saturated rings. The molecule has 0 bridgehead atoms. The van der Waals surface area contributed by atoms with Crippen LogP contribution in [0.2, 0.25) is 0 Å². The van der Waals surface area contributed by atoms with Crippen LogP contribution in [0.4, 0.5) is 5.82 Å². The minimum Gasteiger partial charge on any atom is -0.366 e. The van der Waals surface area contributed by atoms with Crippen molar-refractivity contribution in [3.05, 3.63) is 52.9 Å². The first-order valence-corrected chi connectivity index (χ1v) is 8.09. The van der Waals surface area contributed by atoms with Crippen LogP contribution in [-0.4, -0.2) is 34.0 Å². The Bertz CT molecular complexity index is 575.